The van der Waals surface area contributed by atoms with Gasteiger partial charge in [-0.3, -0.25) is 4.79 Å². The fourth-order valence-corrected chi connectivity index (χ4v) is 1.62. The van der Waals surface area contributed by atoms with Crippen LogP contribution in [0.3, 0.4) is 0 Å². The topological polar surface area (TPSA) is 52.6 Å². The van der Waals surface area contributed by atoms with Gasteiger partial charge in [-0.05, 0) is 6.42 Å². The predicted octanol–water partition coefficient (Wildman–Crippen LogP) is 3.02. The maximum Gasteiger partial charge on any atom is 0.490 e. The van der Waals surface area contributed by atoms with E-state index in [1.54, 1.807) is 22.6 Å². The van der Waals surface area contributed by atoms with E-state index in [1.807, 2.05) is 6.92 Å². The van der Waals surface area contributed by atoms with Crippen molar-refractivity contribution >= 4 is 34.5 Å². The molecule has 1 unspecified atom stereocenters. The minimum atomic E-state index is -5.05. The van der Waals surface area contributed by atoms with Crippen molar-refractivity contribution in [3.8, 4) is 0 Å². The van der Waals surface area contributed by atoms with Crippen molar-refractivity contribution in [1.29, 1.82) is 0 Å². The summed E-state index contributed by atoms with van der Waals surface area (Å²) in [5.41, 5.74) is 0. The molecule has 0 aromatic carbocycles. The van der Waals surface area contributed by atoms with Crippen LogP contribution in [0.4, 0.5) is 13.2 Å². The van der Waals surface area contributed by atoms with Crippen molar-refractivity contribution in [3.63, 3.8) is 0 Å². The van der Waals surface area contributed by atoms with Crippen molar-refractivity contribution in [3.05, 3.63) is 0 Å². The summed E-state index contributed by atoms with van der Waals surface area (Å²) in [5.74, 6) is -2.94. The van der Waals surface area contributed by atoms with Crippen molar-refractivity contribution in [2.45, 2.75) is 44.9 Å². The van der Waals surface area contributed by atoms with Gasteiger partial charge in [-0.1, -0.05) is 42.4 Å². The molecule has 0 aromatic rings. The molecule has 4 nitrogen and oxygen atoms in total. The zero-order valence-electron chi connectivity index (χ0n) is 10.5. The van der Waals surface area contributed by atoms with Gasteiger partial charge in [0.15, 0.2) is 0 Å². The first-order chi connectivity index (χ1) is 8.81. The van der Waals surface area contributed by atoms with Crippen LogP contribution in [0.2, 0.25) is 0 Å². The van der Waals surface area contributed by atoms with Crippen LogP contribution < -0.4 is 0 Å². The zero-order valence-corrected chi connectivity index (χ0v) is 12.6. The normalized spacial score (nSPS) is 12.9. The van der Waals surface area contributed by atoms with Crippen LogP contribution >= 0.6 is 22.6 Å². The first-order valence-corrected chi connectivity index (χ1v) is 7.33. The van der Waals surface area contributed by atoms with Crippen molar-refractivity contribution < 1.29 is 32.2 Å². The Morgan fingerprint density at radius 3 is 2.37 bits per heavy atom. The fraction of sp³-hybridized carbons (Fsp3) is 0.818. The maximum atomic E-state index is 12.0. The SMILES string of the molecule is CCCCCOC(=O)CC(CI)OC(=O)C(F)(F)F. The van der Waals surface area contributed by atoms with E-state index in [-0.39, 0.29) is 17.5 Å². The molecule has 0 N–H and O–H groups in total. The lowest BCUT2D eigenvalue weighted by Gasteiger charge is -2.15. The standard InChI is InChI=1S/C11H16F3IO4/c1-2-3-4-5-18-9(16)6-8(7-15)19-10(17)11(12,13)14/h8H,2-7H2,1H3. The van der Waals surface area contributed by atoms with Gasteiger partial charge in [0.2, 0.25) is 0 Å². The van der Waals surface area contributed by atoms with E-state index in [0.717, 1.165) is 12.8 Å². The summed E-state index contributed by atoms with van der Waals surface area (Å²) in [7, 11) is 0. The molecule has 0 radical (unpaired) electrons. The monoisotopic (exact) mass is 396 g/mol. The van der Waals surface area contributed by atoms with E-state index < -0.39 is 24.2 Å². The van der Waals surface area contributed by atoms with E-state index in [2.05, 4.69) is 4.74 Å². The average Bonchev–Trinajstić information content (AvgIpc) is 2.32. The van der Waals surface area contributed by atoms with Crippen LogP contribution in [0.5, 0.6) is 0 Å². The largest absolute Gasteiger partial charge is 0.490 e. The van der Waals surface area contributed by atoms with Crippen LogP contribution in [-0.2, 0) is 19.1 Å². The van der Waals surface area contributed by atoms with E-state index in [4.69, 9.17) is 4.74 Å². The second-order valence-corrected chi connectivity index (χ2v) is 4.69. The molecule has 1 atom stereocenters. The summed E-state index contributed by atoms with van der Waals surface area (Å²) in [5, 5.41) is 0. The summed E-state index contributed by atoms with van der Waals surface area (Å²) >= 11 is 1.74. The van der Waals surface area contributed by atoms with Gasteiger partial charge >= 0.3 is 18.1 Å². The van der Waals surface area contributed by atoms with Gasteiger partial charge in [0.1, 0.15) is 6.10 Å². The average molecular weight is 396 g/mol. The summed E-state index contributed by atoms with van der Waals surface area (Å²) in [6, 6.07) is 0. The quantitative estimate of drug-likeness (QED) is 0.274. The molecule has 8 heteroatoms. The molecule has 0 aromatic heterocycles. The lowest BCUT2D eigenvalue weighted by atomic mass is 10.2. The highest BCUT2D eigenvalue weighted by Crippen LogP contribution is 2.19. The highest BCUT2D eigenvalue weighted by molar-refractivity contribution is 14.1. The van der Waals surface area contributed by atoms with E-state index in [9.17, 15) is 22.8 Å². The molecule has 0 aliphatic carbocycles. The van der Waals surface area contributed by atoms with E-state index in [0.29, 0.717) is 6.42 Å². The number of hydrogen-bond acceptors (Lipinski definition) is 4. The highest BCUT2D eigenvalue weighted by atomic mass is 127. The molecule has 112 valence electrons. The first-order valence-electron chi connectivity index (χ1n) is 5.80. The van der Waals surface area contributed by atoms with Crippen molar-refractivity contribution in [2.75, 3.05) is 11.0 Å². The minimum absolute atomic E-state index is 0.0869. The lowest BCUT2D eigenvalue weighted by molar-refractivity contribution is -0.204. The molecule has 0 aliphatic rings. The Bertz CT molecular complexity index is 294. The number of halogens is 4. The third-order valence-corrected chi connectivity index (χ3v) is 3.06. The fourth-order valence-electron chi connectivity index (χ4n) is 1.13. The number of carbonyl (C=O) groups excluding carboxylic acids is 2. The molecule has 0 saturated carbocycles. The molecular weight excluding hydrogens is 380 g/mol. The molecule has 0 amide bonds. The van der Waals surface area contributed by atoms with Crippen molar-refractivity contribution in [2.24, 2.45) is 0 Å². The smallest absolute Gasteiger partial charge is 0.466 e. The Hall–Kier alpha value is -0.540. The summed E-state index contributed by atoms with van der Waals surface area (Å²) < 4.78 is 45.0. The number of ether oxygens (including phenoxy) is 2. The van der Waals surface area contributed by atoms with Gasteiger partial charge in [0.25, 0.3) is 0 Å². The lowest BCUT2D eigenvalue weighted by Crippen LogP contribution is -2.32. The number of unbranched alkanes of at least 4 members (excludes halogenated alkanes) is 2. The third-order valence-electron chi connectivity index (χ3n) is 2.08. The van der Waals surface area contributed by atoms with Gasteiger partial charge < -0.3 is 9.47 Å². The van der Waals surface area contributed by atoms with E-state index >= 15 is 0 Å². The van der Waals surface area contributed by atoms with Crippen LogP contribution in [0.1, 0.15) is 32.6 Å². The zero-order chi connectivity index (χ0) is 14.9. The molecule has 0 bridgehead atoms. The van der Waals surface area contributed by atoms with Crippen LogP contribution in [0, 0.1) is 0 Å². The van der Waals surface area contributed by atoms with E-state index in [1.165, 1.54) is 0 Å². The molecule has 0 aliphatic heterocycles. The van der Waals surface area contributed by atoms with Gasteiger partial charge in [-0.15, -0.1) is 0 Å². The van der Waals surface area contributed by atoms with Crippen LogP contribution in [-0.4, -0.2) is 35.3 Å². The van der Waals surface area contributed by atoms with Crippen LogP contribution in [0.25, 0.3) is 0 Å². The first kappa shape index (κ1) is 18.5. The molecule has 19 heavy (non-hydrogen) atoms. The highest BCUT2D eigenvalue weighted by Gasteiger charge is 2.42. The summed E-state index contributed by atoms with van der Waals surface area (Å²) in [4.78, 5) is 21.9. The number of alkyl halides is 4. The molecule has 0 spiro atoms. The number of hydrogen-bond donors (Lipinski definition) is 0. The van der Waals surface area contributed by atoms with Gasteiger partial charge in [-0.2, -0.15) is 13.2 Å². The minimum Gasteiger partial charge on any atom is -0.466 e. The van der Waals surface area contributed by atoms with Gasteiger partial charge in [0, 0.05) is 4.43 Å². The molecular formula is C11H16F3IO4. The summed E-state index contributed by atoms with van der Waals surface area (Å²) in [6.45, 7) is 2.22. The number of carbonyl (C=O) groups is 2. The second kappa shape index (κ2) is 9.38. The Morgan fingerprint density at radius 2 is 1.89 bits per heavy atom. The summed E-state index contributed by atoms with van der Waals surface area (Å²) in [6.07, 6.45) is -3.94. The Balaban J connectivity index is 4.05. The molecule has 0 heterocycles. The van der Waals surface area contributed by atoms with Gasteiger partial charge in [0.05, 0.1) is 13.0 Å². The molecule has 0 saturated heterocycles. The Morgan fingerprint density at radius 1 is 1.26 bits per heavy atom. The second-order valence-electron chi connectivity index (χ2n) is 3.81. The molecule has 0 rings (SSSR count). The Kier molecular flexibility index (Phi) is 9.11. The predicted molar refractivity (Wildman–Crippen MR) is 69.9 cm³/mol. The third kappa shape index (κ3) is 9.06. The number of rotatable bonds is 8. The van der Waals surface area contributed by atoms with Crippen molar-refractivity contribution in [1.82, 2.24) is 0 Å². The molecule has 0 fully saturated rings. The van der Waals surface area contributed by atoms with Crippen LogP contribution in [0.15, 0.2) is 0 Å². The van der Waals surface area contributed by atoms with Gasteiger partial charge in [-0.25, -0.2) is 4.79 Å². The maximum absolute atomic E-state index is 12.0. The Labute approximate surface area is 123 Å². The number of esters is 2.